The standard InChI is InChI=1S/C15H10F2N6/c16-9-2-1-3-10(17)12(9)14-20-11-7-18-21-13(11)8-6-19-23-5-4-22(14)15(8)23/h1-3,6-7H,4-5H2,(H,18,21). The molecule has 0 aliphatic carbocycles. The third-order valence-electron chi connectivity index (χ3n) is 4.16. The lowest BCUT2D eigenvalue weighted by Crippen LogP contribution is -2.31. The number of hydrogen-bond donors (Lipinski definition) is 1. The van der Waals surface area contributed by atoms with Crippen molar-refractivity contribution in [2.45, 2.75) is 6.54 Å². The van der Waals surface area contributed by atoms with E-state index in [0.717, 1.165) is 11.4 Å². The molecule has 5 rings (SSSR count). The van der Waals surface area contributed by atoms with Crippen LogP contribution >= 0.6 is 0 Å². The van der Waals surface area contributed by atoms with Crippen LogP contribution in [0, 0.1) is 11.6 Å². The second-order valence-electron chi connectivity index (χ2n) is 5.42. The monoisotopic (exact) mass is 312 g/mol. The number of halogens is 2. The van der Waals surface area contributed by atoms with Crippen molar-refractivity contribution in [2.75, 3.05) is 11.4 Å². The molecule has 114 valence electrons. The minimum absolute atomic E-state index is 0.137. The van der Waals surface area contributed by atoms with E-state index in [2.05, 4.69) is 20.3 Å². The van der Waals surface area contributed by atoms with Crippen molar-refractivity contribution >= 4 is 17.3 Å². The first-order valence-electron chi connectivity index (χ1n) is 7.14. The van der Waals surface area contributed by atoms with Crippen molar-refractivity contribution in [1.82, 2.24) is 20.0 Å². The summed E-state index contributed by atoms with van der Waals surface area (Å²) in [6.45, 7) is 1.19. The summed E-state index contributed by atoms with van der Waals surface area (Å²) in [6, 6.07) is 3.81. The average molecular weight is 312 g/mol. The van der Waals surface area contributed by atoms with E-state index in [1.54, 1.807) is 22.0 Å². The van der Waals surface area contributed by atoms with Crippen LogP contribution in [0.3, 0.4) is 0 Å². The van der Waals surface area contributed by atoms with Crippen LogP contribution in [0.25, 0.3) is 11.3 Å². The highest BCUT2D eigenvalue weighted by molar-refractivity contribution is 6.14. The number of aromatic nitrogens is 4. The second-order valence-corrected chi connectivity index (χ2v) is 5.42. The van der Waals surface area contributed by atoms with Gasteiger partial charge in [0.05, 0.1) is 35.8 Å². The summed E-state index contributed by atoms with van der Waals surface area (Å²) in [5, 5.41) is 11.2. The first kappa shape index (κ1) is 12.5. The third kappa shape index (κ3) is 1.57. The normalized spacial score (nSPS) is 15.2. The van der Waals surface area contributed by atoms with Crippen molar-refractivity contribution in [1.29, 1.82) is 0 Å². The molecule has 1 aromatic carbocycles. The first-order chi connectivity index (χ1) is 11.2. The maximum absolute atomic E-state index is 14.3. The van der Waals surface area contributed by atoms with Gasteiger partial charge in [0.1, 0.15) is 29.0 Å². The second kappa shape index (κ2) is 4.25. The maximum Gasteiger partial charge on any atom is 0.148 e. The number of hydrogen-bond acceptors (Lipinski definition) is 4. The average Bonchev–Trinajstić information content (AvgIpc) is 3.20. The van der Waals surface area contributed by atoms with E-state index in [0.29, 0.717) is 24.5 Å². The molecule has 2 aliphatic rings. The molecule has 0 atom stereocenters. The number of nitrogens with one attached hydrogen (secondary N) is 1. The SMILES string of the molecule is Fc1cccc(F)c1C1=Nc2cn[nH]c2-c2cnn3c2N1CC3. The summed E-state index contributed by atoms with van der Waals surface area (Å²) in [6.07, 6.45) is 3.26. The number of aliphatic imine (C=N–C) groups is 1. The summed E-state index contributed by atoms with van der Waals surface area (Å²) < 4.78 is 30.4. The van der Waals surface area contributed by atoms with Crippen molar-refractivity contribution in [3.05, 3.63) is 47.8 Å². The van der Waals surface area contributed by atoms with Gasteiger partial charge in [-0.2, -0.15) is 10.2 Å². The molecule has 23 heavy (non-hydrogen) atoms. The Kier molecular flexibility index (Phi) is 2.31. The lowest BCUT2D eigenvalue weighted by atomic mass is 10.1. The molecule has 1 N–H and O–H groups in total. The summed E-state index contributed by atoms with van der Waals surface area (Å²) in [5.41, 5.74) is 1.92. The van der Waals surface area contributed by atoms with Crippen LogP contribution in [-0.4, -0.2) is 32.4 Å². The molecule has 0 bridgehead atoms. The van der Waals surface area contributed by atoms with Gasteiger partial charge in [0.25, 0.3) is 0 Å². The van der Waals surface area contributed by atoms with Crippen LogP contribution < -0.4 is 4.90 Å². The molecule has 0 fully saturated rings. The van der Waals surface area contributed by atoms with E-state index in [1.165, 1.54) is 18.2 Å². The molecule has 2 aromatic heterocycles. The molecule has 8 heteroatoms. The van der Waals surface area contributed by atoms with Crippen LogP contribution in [0.5, 0.6) is 0 Å². The van der Waals surface area contributed by atoms with E-state index >= 15 is 0 Å². The minimum Gasteiger partial charge on any atom is -0.308 e. The van der Waals surface area contributed by atoms with Gasteiger partial charge >= 0.3 is 0 Å². The number of aromatic amines is 1. The Morgan fingerprint density at radius 2 is 1.91 bits per heavy atom. The number of benzene rings is 1. The van der Waals surface area contributed by atoms with Gasteiger partial charge in [-0.3, -0.25) is 5.10 Å². The van der Waals surface area contributed by atoms with Gasteiger partial charge in [0, 0.05) is 6.54 Å². The number of amidine groups is 1. The zero-order chi connectivity index (χ0) is 15.6. The van der Waals surface area contributed by atoms with Crippen LogP contribution in [0.4, 0.5) is 20.3 Å². The van der Waals surface area contributed by atoms with Crippen LogP contribution in [0.2, 0.25) is 0 Å². The van der Waals surface area contributed by atoms with Crippen LogP contribution in [0.1, 0.15) is 5.56 Å². The Morgan fingerprint density at radius 3 is 2.74 bits per heavy atom. The quantitative estimate of drug-likeness (QED) is 0.751. The van der Waals surface area contributed by atoms with Crippen molar-refractivity contribution in [2.24, 2.45) is 4.99 Å². The Bertz CT molecular complexity index is 950. The Balaban J connectivity index is 1.84. The van der Waals surface area contributed by atoms with E-state index in [4.69, 9.17) is 0 Å². The van der Waals surface area contributed by atoms with E-state index in [9.17, 15) is 8.78 Å². The molecule has 4 heterocycles. The van der Waals surface area contributed by atoms with E-state index in [-0.39, 0.29) is 11.4 Å². The molecular formula is C15H10F2N6. The molecule has 0 spiro atoms. The van der Waals surface area contributed by atoms with Crippen molar-refractivity contribution in [3.63, 3.8) is 0 Å². The fraction of sp³-hybridized carbons (Fsp3) is 0.133. The summed E-state index contributed by atoms with van der Waals surface area (Å²) in [5.74, 6) is -0.277. The Morgan fingerprint density at radius 1 is 1.09 bits per heavy atom. The molecule has 0 saturated carbocycles. The van der Waals surface area contributed by atoms with Gasteiger partial charge in [-0.1, -0.05) is 6.07 Å². The smallest absolute Gasteiger partial charge is 0.148 e. The predicted molar refractivity (Wildman–Crippen MR) is 79.7 cm³/mol. The van der Waals surface area contributed by atoms with Gasteiger partial charge in [-0.05, 0) is 12.1 Å². The van der Waals surface area contributed by atoms with Gasteiger partial charge in [-0.15, -0.1) is 0 Å². The molecule has 3 aromatic rings. The van der Waals surface area contributed by atoms with Gasteiger partial charge < -0.3 is 4.90 Å². The highest BCUT2D eigenvalue weighted by Crippen LogP contribution is 2.41. The van der Waals surface area contributed by atoms with Gasteiger partial charge in [0.15, 0.2) is 0 Å². The predicted octanol–water partition coefficient (Wildman–Crippen LogP) is 2.46. The number of rotatable bonds is 1. The molecule has 6 nitrogen and oxygen atoms in total. The maximum atomic E-state index is 14.3. The molecular weight excluding hydrogens is 302 g/mol. The molecule has 0 saturated heterocycles. The van der Waals surface area contributed by atoms with Crippen molar-refractivity contribution < 1.29 is 8.78 Å². The van der Waals surface area contributed by atoms with Crippen LogP contribution in [-0.2, 0) is 6.54 Å². The highest BCUT2D eigenvalue weighted by Gasteiger charge is 2.34. The molecule has 2 aliphatic heterocycles. The van der Waals surface area contributed by atoms with E-state index < -0.39 is 11.6 Å². The lowest BCUT2D eigenvalue weighted by Gasteiger charge is -2.20. The van der Waals surface area contributed by atoms with Gasteiger partial charge in [0.2, 0.25) is 0 Å². The first-order valence-corrected chi connectivity index (χ1v) is 7.14. The largest absolute Gasteiger partial charge is 0.308 e. The highest BCUT2D eigenvalue weighted by atomic mass is 19.1. The van der Waals surface area contributed by atoms with Crippen LogP contribution in [0.15, 0.2) is 35.6 Å². The zero-order valence-corrected chi connectivity index (χ0v) is 11.8. The van der Waals surface area contributed by atoms with Gasteiger partial charge in [-0.25, -0.2) is 18.5 Å². The summed E-state index contributed by atoms with van der Waals surface area (Å²) >= 11 is 0. The summed E-state index contributed by atoms with van der Waals surface area (Å²) in [7, 11) is 0. The molecule has 0 unspecified atom stereocenters. The number of H-pyrrole nitrogens is 1. The number of fused-ring (bicyclic) bond motifs is 2. The van der Waals surface area contributed by atoms with E-state index in [1.807, 2.05) is 0 Å². The molecule has 0 amide bonds. The Labute approximate surface area is 129 Å². The number of nitrogens with zero attached hydrogens (tertiary/aromatic N) is 5. The number of anilines is 1. The third-order valence-corrected chi connectivity index (χ3v) is 4.16. The summed E-state index contributed by atoms with van der Waals surface area (Å²) in [4.78, 5) is 6.29. The van der Waals surface area contributed by atoms with Crippen molar-refractivity contribution in [3.8, 4) is 11.3 Å². The molecule has 0 radical (unpaired) electrons. The fourth-order valence-corrected chi connectivity index (χ4v) is 3.15. The zero-order valence-electron chi connectivity index (χ0n) is 11.8. The Hall–Kier alpha value is -3.03. The topological polar surface area (TPSA) is 62.1 Å². The fourth-order valence-electron chi connectivity index (χ4n) is 3.15. The minimum atomic E-state index is -0.643. The lowest BCUT2D eigenvalue weighted by molar-refractivity contribution is 0.578.